The maximum atomic E-state index is 12.6. The Morgan fingerprint density at radius 3 is 2.78 bits per heavy atom. The second kappa shape index (κ2) is 7.02. The Balaban J connectivity index is 1.64. The number of aliphatic hydroxyl groups excluding tert-OH is 1. The highest BCUT2D eigenvalue weighted by Crippen LogP contribution is 2.33. The Labute approximate surface area is 138 Å². The summed E-state index contributed by atoms with van der Waals surface area (Å²) in [6.45, 7) is 0.436. The first-order valence-electron chi connectivity index (χ1n) is 8.84. The van der Waals surface area contributed by atoms with Gasteiger partial charge >= 0.3 is 0 Å². The van der Waals surface area contributed by atoms with Gasteiger partial charge in [0.2, 0.25) is 5.91 Å². The van der Waals surface area contributed by atoms with E-state index in [1.807, 2.05) is 11.9 Å². The topological polar surface area (TPSA) is 52.6 Å². The molecular formula is C19H28N2O2. The van der Waals surface area contributed by atoms with Crippen LogP contribution >= 0.6 is 0 Å². The van der Waals surface area contributed by atoms with Crippen LogP contribution in [0.2, 0.25) is 0 Å². The van der Waals surface area contributed by atoms with E-state index in [0.29, 0.717) is 6.54 Å². The van der Waals surface area contributed by atoms with Crippen molar-refractivity contribution in [2.75, 3.05) is 20.2 Å². The van der Waals surface area contributed by atoms with Gasteiger partial charge in [0, 0.05) is 12.6 Å². The fourth-order valence-corrected chi connectivity index (χ4v) is 4.13. The number of carbonyl (C=O) groups excluding carboxylic acids is 1. The zero-order valence-corrected chi connectivity index (χ0v) is 14.1. The lowest BCUT2D eigenvalue weighted by Gasteiger charge is -2.35. The normalized spacial score (nSPS) is 22.6. The molecule has 2 N–H and O–H groups in total. The molecule has 1 unspecified atom stereocenters. The van der Waals surface area contributed by atoms with Crippen LogP contribution in [0.5, 0.6) is 0 Å². The number of aliphatic hydroxyl groups is 1. The summed E-state index contributed by atoms with van der Waals surface area (Å²) in [4.78, 5) is 14.5. The van der Waals surface area contributed by atoms with Crippen molar-refractivity contribution in [1.29, 1.82) is 0 Å². The van der Waals surface area contributed by atoms with Crippen molar-refractivity contribution in [3.05, 3.63) is 35.4 Å². The molecule has 0 aromatic heterocycles. The molecule has 1 atom stereocenters. The number of benzene rings is 1. The molecule has 2 aliphatic carbocycles. The molecule has 1 aromatic rings. The highest BCUT2D eigenvalue weighted by Gasteiger charge is 2.34. The lowest BCUT2D eigenvalue weighted by Crippen LogP contribution is -2.50. The SMILES string of the molecule is CN(C(=O)CNC1(CO)CCCC1)C1CCCc2ccccc21. The fourth-order valence-electron chi connectivity index (χ4n) is 4.13. The first-order chi connectivity index (χ1) is 11.2. The average molecular weight is 316 g/mol. The molecule has 0 spiro atoms. The van der Waals surface area contributed by atoms with Crippen molar-refractivity contribution in [1.82, 2.24) is 10.2 Å². The minimum absolute atomic E-state index is 0.117. The van der Waals surface area contributed by atoms with E-state index in [1.165, 1.54) is 11.1 Å². The molecule has 0 bridgehead atoms. The van der Waals surface area contributed by atoms with Gasteiger partial charge in [0.05, 0.1) is 19.2 Å². The van der Waals surface area contributed by atoms with Gasteiger partial charge in [0.1, 0.15) is 0 Å². The van der Waals surface area contributed by atoms with Crippen LogP contribution in [0.15, 0.2) is 24.3 Å². The van der Waals surface area contributed by atoms with Crippen LogP contribution in [0.4, 0.5) is 0 Å². The van der Waals surface area contributed by atoms with Gasteiger partial charge in [-0.3, -0.25) is 4.79 Å². The molecule has 1 amide bonds. The van der Waals surface area contributed by atoms with Crippen molar-refractivity contribution in [2.45, 2.75) is 56.5 Å². The lowest BCUT2D eigenvalue weighted by molar-refractivity contribution is -0.131. The summed E-state index contributed by atoms with van der Waals surface area (Å²) < 4.78 is 0. The standard InChI is InChI=1S/C19H28N2O2/c1-21(17-10-6-8-15-7-2-3-9-16(15)17)18(23)13-20-19(14-22)11-4-5-12-19/h2-3,7,9,17,20,22H,4-6,8,10-14H2,1H3. The Hall–Kier alpha value is -1.39. The van der Waals surface area contributed by atoms with Crippen LogP contribution in [0, 0.1) is 0 Å². The number of aryl methyl sites for hydroxylation is 1. The number of nitrogens with one attached hydrogen (secondary N) is 1. The third-order valence-electron chi connectivity index (χ3n) is 5.68. The molecule has 126 valence electrons. The van der Waals surface area contributed by atoms with Gasteiger partial charge in [-0.2, -0.15) is 0 Å². The van der Waals surface area contributed by atoms with E-state index in [2.05, 4.69) is 29.6 Å². The largest absolute Gasteiger partial charge is 0.394 e. The van der Waals surface area contributed by atoms with Crippen LogP contribution in [0.1, 0.15) is 55.7 Å². The minimum atomic E-state index is -0.235. The molecular weight excluding hydrogens is 288 g/mol. The Kier molecular flexibility index (Phi) is 5.02. The number of nitrogens with zero attached hydrogens (tertiary/aromatic N) is 1. The first kappa shape index (κ1) is 16.5. The quantitative estimate of drug-likeness (QED) is 0.877. The number of amides is 1. The van der Waals surface area contributed by atoms with Crippen LogP contribution in [-0.2, 0) is 11.2 Å². The number of hydrogen-bond donors (Lipinski definition) is 2. The molecule has 0 aliphatic heterocycles. The van der Waals surface area contributed by atoms with Crippen molar-refractivity contribution in [2.24, 2.45) is 0 Å². The zero-order chi connectivity index (χ0) is 16.3. The van der Waals surface area contributed by atoms with E-state index in [0.717, 1.165) is 44.9 Å². The van der Waals surface area contributed by atoms with Gasteiger partial charge in [-0.05, 0) is 43.2 Å². The molecule has 4 nitrogen and oxygen atoms in total. The highest BCUT2D eigenvalue weighted by atomic mass is 16.3. The fraction of sp³-hybridized carbons (Fsp3) is 0.632. The van der Waals surface area contributed by atoms with Crippen LogP contribution in [0.3, 0.4) is 0 Å². The Morgan fingerprint density at radius 2 is 2.04 bits per heavy atom. The van der Waals surface area contributed by atoms with Gasteiger partial charge in [0.25, 0.3) is 0 Å². The van der Waals surface area contributed by atoms with Crippen LogP contribution < -0.4 is 5.32 Å². The molecule has 1 saturated carbocycles. The molecule has 0 saturated heterocycles. The Morgan fingerprint density at radius 1 is 1.30 bits per heavy atom. The van der Waals surface area contributed by atoms with Crippen molar-refractivity contribution in [3.63, 3.8) is 0 Å². The summed E-state index contributed by atoms with van der Waals surface area (Å²) in [7, 11) is 1.91. The van der Waals surface area contributed by atoms with Gasteiger partial charge in [-0.25, -0.2) is 0 Å². The second-order valence-corrected chi connectivity index (χ2v) is 7.11. The number of carbonyl (C=O) groups is 1. The predicted molar refractivity (Wildman–Crippen MR) is 91.2 cm³/mol. The molecule has 3 rings (SSSR count). The monoisotopic (exact) mass is 316 g/mol. The summed E-state index contributed by atoms with van der Waals surface area (Å²) in [5.41, 5.74) is 2.44. The van der Waals surface area contributed by atoms with Gasteiger partial charge in [-0.1, -0.05) is 37.1 Å². The maximum Gasteiger partial charge on any atom is 0.236 e. The molecule has 23 heavy (non-hydrogen) atoms. The highest BCUT2D eigenvalue weighted by molar-refractivity contribution is 5.78. The summed E-state index contributed by atoms with van der Waals surface area (Å²) in [5, 5.41) is 13.0. The van der Waals surface area contributed by atoms with E-state index in [1.54, 1.807) is 0 Å². The number of likely N-dealkylation sites (N-methyl/N-ethyl adjacent to an activating group) is 1. The van der Waals surface area contributed by atoms with E-state index < -0.39 is 0 Å². The van der Waals surface area contributed by atoms with Crippen molar-refractivity contribution < 1.29 is 9.90 Å². The van der Waals surface area contributed by atoms with Crippen LogP contribution in [0.25, 0.3) is 0 Å². The third-order valence-corrected chi connectivity index (χ3v) is 5.68. The predicted octanol–water partition coefficient (Wildman–Crippen LogP) is 2.42. The summed E-state index contributed by atoms with van der Waals surface area (Å²) in [5.74, 6) is 0.117. The number of rotatable bonds is 5. The van der Waals surface area contributed by atoms with Gasteiger partial charge in [0.15, 0.2) is 0 Å². The number of hydrogen-bond acceptors (Lipinski definition) is 3. The van der Waals surface area contributed by atoms with E-state index >= 15 is 0 Å². The maximum absolute atomic E-state index is 12.6. The molecule has 0 radical (unpaired) electrons. The zero-order valence-electron chi connectivity index (χ0n) is 14.1. The molecule has 1 aromatic carbocycles. The lowest BCUT2D eigenvalue weighted by atomic mass is 9.87. The molecule has 0 heterocycles. The summed E-state index contributed by atoms with van der Waals surface area (Å²) in [6.07, 6.45) is 7.47. The summed E-state index contributed by atoms with van der Waals surface area (Å²) >= 11 is 0. The first-order valence-corrected chi connectivity index (χ1v) is 8.84. The molecule has 4 heteroatoms. The van der Waals surface area contributed by atoms with Crippen molar-refractivity contribution >= 4 is 5.91 Å². The summed E-state index contributed by atoms with van der Waals surface area (Å²) in [6, 6.07) is 8.66. The van der Waals surface area contributed by atoms with E-state index in [4.69, 9.17) is 0 Å². The Bertz CT molecular complexity index is 552. The van der Waals surface area contributed by atoms with Crippen molar-refractivity contribution in [3.8, 4) is 0 Å². The van der Waals surface area contributed by atoms with Crippen LogP contribution in [-0.4, -0.2) is 41.7 Å². The second-order valence-electron chi connectivity index (χ2n) is 7.11. The molecule has 1 fully saturated rings. The minimum Gasteiger partial charge on any atom is -0.394 e. The third kappa shape index (κ3) is 3.43. The van der Waals surface area contributed by atoms with Gasteiger partial charge < -0.3 is 15.3 Å². The van der Waals surface area contributed by atoms with Gasteiger partial charge in [-0.15, -0.1) is 0 Å². The smallest absolute Gasteiger partial charge is 0.236 e. The number of fused-ring (bicyclic) bond motifs is 1. The molecule has 2 aliphatic rings. The van der Waals surface area contributed by atoms with E-state index in [-0.39, 0.29) is 24.1 Å². The average Bonchev–Trinajstić information content (AvgIpc) is 3.08. The van der Waals surface area contributed by atoms with E-state index in [9.17, 15) is 9.90 Å².